The third kappa shape index (κ3) is 15.8. The second-order valence-electron chi connectivity index (χ2n) is 21.1. The summed E-state index contributed by atoms with van der Waals surface area (Å²) in [6, 6.07) is 64.1. The molecule has 0 unspecified atom stereocenters. The molecule has 0 aliphatic heterocycles. The van der Waals surface area contributed by atoms with E-state index in [0.29, 0.717) is 106 Å². The van der Waals surface area contributed by atoms with Crippen LogP contribution in [-0.4, -0.2) is 62.2 Å². The Bertz CT molecular complexity index is 3990. The van der Waals surface area contributed by atoms with Crippen molar-refractivity contribution < 1.29 is 66.7 Å². The highest BCUT2D eigenvalue weighted by Gasteiger charge is 2.24. The monoisotopic (exact) mass is 1200 g/mol. The molecule has 0 atom stereocenters. The standard InChI is InChI=1S/C76H62O14/c1-49(2)71(77)85-47-11-9-45-83-61-35-29-59(30-36-61)73(79)87-63-39-25-53(26-40-63)51-17-21-57(22-18-51)75(81)89-67-43-33-55-13-5-7-15-65(55)69(67)70-66-16-8-6-14-56(66)34-44-68(70)90-76(82)58-23-19-52(20-24-58)54-27-41-64(42-28-54)88-74(80)60-31-37-62(38-32-60)84-46-10-12-48-86-72(78)50(3)4/h5-8,13-44H,1,3,9-12,45-48H2,2,4H3. The topological polar surface area (TPSA) is 176 Å². The predicted molar refractivity (Wildman–Crippen MR) is 344 cm³/mol. The van der Waals surface area contributed by atoms with Crippen LogP contribution >= 0.6 is 0 Å². The van der Waals surface area contributed by atoms with E-state index in [0.717, 1.165) is 43.8 Å². The summed E-state index contributed by atoms with van der Waals surface area (Å²) in [5.74, 6) is -0.692. The molecule has 10 rings (SSSR count). The maximum atomic E-state index is 14.2. The smallest absolute Gasteiger partial charge is 0.343 e. The average Bonchev–Trinajstić information content (AvgIpc) is 0.889. The Kier molecular flexibility index (Phi) is 20.1. The zero-order valence-corrected chi connectivity index (χ0v) is 49.6. The minimum atomic E-state index is -0.604. The van der Waals surface area contributed by atoms with Gasteiger partial charge in [0.2, 0.25) is 0 Å². The number of hydrogen-bond donors (Lipinski definition) is 0. The normalized spacial score (nSPS) is 10.8. The van der Waals surface area contributed by atoms with Crippen molar-refractivity contribution in [3.63, 3.8) is 0 Å². The second-order valence-corrected chi connectivity index (χ2v) is 21.1. The number of carbonyl (C=O) groups excluding carboxylic acids is 6. The van der Waals surface area contributed by atoms with Crippen LogP contribution in [0.2, 0.25) is 0 Å². The molecule has 90 heavy (non-hydrogen) atoms. The average molecular weight is 1200 g/mol. The van der Waals surface area contributed by atoms with Gasteiger partial charge in [-0.3, -0.25) is 0 Å². The fraction of sp³-hybridized carbons (Fsp3) is 0.132. The van der Waals surface area contributed by atoms with E-state index in [4.69, 9.17) is 37.9 Å². The molecule has 0 bridgehead atoms. The van der Waals surface area contributed by atoms with Crippen molar-refractivity contribution >= 4 is 57.4 Å². The summed E-state index contributed by atoms with van der Waals surface area (Å²) in [5.41, 5.74) is 6.39. The predicted octanol–water partition coefficient (Wildman–Crippen LogP) is 16.4. The lowest BCUT2D eigenvalue weighted by atomic mass is 9.92. The minimum absolute atomic E-state index is 0.258. The van der Waals surface area contributed by atoms with Gasteiger partial charge in [0.15, 0.2) is 0 Å². The fourth-order valence-corrected chi connectivity index (χ4v) is 9.61. The third-order valence-electron chi connectivity index (χ3n) is 14.4. The lowest BCUT2D eigenvalue weighted by Gasteiger charge is -2.19. The van der Waals surface area contributed by atoms with Crippen LogP contribution in [0.3, 0.4) is 0 Å². The van der Waals surface area contributed by atoms with E-state index < -0.39 is 35.8 Å². The number of rotatable bonds is 25. The van der Waals surface area contributed by atoms with E-state index in [9.17, 15) is 28.8 Å². The van der Waals surface area contributed by atoms with E-state index >= 15 is 0 Å². The summed E-state index contributed by atoms with van der Waals surface area (Å²) in [6.07, 6.45) is 2.64. The van der Waals surface area contributed by atoms with E-state index in [1.807, 2.05) is 109 Å². The van der Waals surface area contributed by atoms with Gasteiger partial charge in [-0.25, -0.2) is 28.8 Å². The largest absolute Gasteiger partial charge is 0.494 e. The van der Waals surface area contributed by atoms with Crippen LogP contribution in [0.25, 0.3) is 54.9 Å². The highest BCUT2D eigenvalue weighted by Crippen LogP contribution is 2.46. The van der Waals surface area contributed by atoms with Gasteiger partial charge in [-0.1, -0.05) is 122 Å². The van der Waals surface area contributed by atoms with Crippen molar-refractivity contribution in [1.82, 2.24) is 0 Å². The van der Waals surface area contributed by atoms with Crippen LogP contribution in [0, 0.1) is 0 Å². The number of hydrogen-bond acceptors (Lipinski definition) is 14. The van der Waals surface area contributed by atoms with Crippen LogP contribution in [0.5, 0.6) is 34.5 Å². The Morgan fingerprint density at radius 3 is 0.944 bits per heavy atom. The van der Waals surface area contributed by atoms with E-state index in [-0.39, 0.29) is 24.7 Å². The first-order valence-corrected chi connectivity index (χ1v) is 29.2. The van der Waals surface area contributed by atoms with Crippen molar-refractivity contribution in [1.29, 1.82) is 0 Å². The molecule has 450 valence electrons. The molecule has 0 saturated heterocycles. The van der Waals surface area contributed by atoms with E-state index in [1.54, 1.807) is 123 Å². The quantitative estimate of drug-likeness (QED) is 0.0229. The summed E-state index contributed by atoms with van der Waals surface area (Å²) in [5, 5.41) is 3.28. The minimum Gasteiger partial charge on any atom is -0.494 e. The Labute approximate surface area is 520 Å². The zero-order chi connectivity index (χ0) is 62.9. The highest BCUT2D eigenvalue weighted by molar-refractivity contribution is 6.11. The Morgan fingerprint density at radius 2 is 0.600 bits per heavy atom. The summed E-state index contributed by atoms with van der Waals surface area (Å²) in [4.78, 5) is 77.5. The molecule has 0 saturated carbocycles. The van der Waals surface area contributed by atoms with E-state index in [2.05, 4.69) is 13.2 Å². The first-order chi connectivity index (χ1) is 43.7. The Morgan fingerprint density at radius 1 is 0.311 bits per heavy atom. The summed E-state index contributed by atoms with van der Waals surface area (Å²) >= 11 is 0. The van der Waals surface area contributed by atoms with Gasteiger partial charge in [-0.15, -0.1) is 0 Å². The SMILES string of the molecule is C=C(C)C(=O)OCCCCOc1ccc(C(=O)Oc2ccc(-c3ccc(C(=O)Oc4ccc5ccccc5c4-c4c(OC(=O)c5ccc(-c6ccc(OC(=O)c7ccc(OCCCCOC(=O)C(=C)C)cc7)cc6)cc5)ccc5ccccc45)cc3)cc2)cc1. The molecule has 0 radical (unpaired) electrons. The number of unbranched alkanes of at least 4 members (excludes halogenated alkanes) is 2. The molecule has 0 amide bonds. The first-order valence-electron chi connectivity index (χ1n) is 29.2. The van der Waals surface area contributed by atoms with Crippen molar-refractivity contribution in [3.8, 4) is 67.9 Å². The number of fused-ring (bicyclic) bond motifs is 2. The molecule has 10 aromatic rings. The fourth-order valence-electron chi connectivity index (χ4n) is 9.61. The van der Waals surface area contributed by atoms with Gasteiger partial charge in [0.25, 0.3) is 0 Å². The number of esters is 6. The van der Waals surface area contributed by atoms with Gasteiger partial charge >= 0.3 is 35.8 Å². The third-order valence-corrected chi connectivity index (χ3v) is 14.4. The van der Waals surface area contributed by atoms with Crippen LogP contribution in [0.1, 0.15) is 81.0 Å². The van der Waals surface area contributed by atoms with Crippen molar-refractivity contribution in [2.75, 3.05) is 26.4 Å². The van der Waals surface area contributed by atoms with Gasteiger partial charge in [-0.2, -0.15) is 0 Å². The van der Waals surface area contributed by atoms with Gasteiger partial charge in [0, 0.05) is 22.3 Å². The summed E-state index contributed by atoms with van der Waals surface area (Å²) in [7, 11) is 0. The maximum Gasteiger partial charge on any atom is 0.343 e. The number of ether oxygens (including phenoxy) is 8. The molecular weight excluding hydrogens is 1140 g/mol. The van der Waals surface area contributed by atoms with Crippen molar-refractivity contribution in [3.05, 3.63) is 265 Å². The van der Waals surface area contributed by atoms with Gasteiger partial charge in [-0.05, 0) is 193 Å². The lowest BCUT2D eigenvalue weighted by molar-refractivity contribution is -0.139. The van der Waals surface area contributed by atoms with Crippen LogP contribution in [0.4, 0.5) is 0 Å². The molecule has 0 fully saturated rings. The Hall–Kier alpha value is -11.4. The van der Waals surface area contributed by atoms with Crippen molar-refractivity contribution in [2.45, 2.75) is 39.5 Å². The van der Waals surface area contributed by atoms with Crippen molar-refractivity contribution in [2.24, 2.45) is 0 Å². The molecule has 0 spiro atoms. The maximum absolute atomic E-state index is 14.2. The van der Waals surface area contributed by atoms with Gasteiger partial charge in [0.1, 0.15) is 34.5 Å². The molecule has 0 aliphatic rings. The first kappa shape index (κ1) is 61.7. The van der Waals surface area contributed by atoms with Crippen LogP contribution in [-0.2, 0) is 19.1 Å². The van der Waals surface area contributed by atoms with Crippen LogP contribution < -0.4 is 28.4 Å². The lowest BCUT2D eigenvalue weighted by Crippen LogP contribution is -2.11. The molecule has 0 aromatic heterocycles. The van der Waals surface area contributed by atoms with Gasteiger partial charge in [0.05, 0.1) is 48.7 Å². The highest BCUT2D eigenvalue weighted by atomic mass is 16.6. The molecule has 14 nitrogen and oxygen atoms in total. The Balaban J connectivity index is 0.769. The van der Waals surface area contributed by atoms with E-state index in [1.165, 1.54) is 0 Å². The molecule has 10 aromatic carbocycles. The molecular formula is C76H62O14. The van der Waals surface area contributed by atoms with Crippen LogP contribution in [0.15, 0.2) is 243 Å². The number of carbonyl (C=O) groups is 6. The second kappa shape index (κ2) is 29.3. The molecule has 0 heterocycles. The summed E-state index contributed by atoms with van der Waals surface area (Å²) < 4.78 is 45.7. The zero-order valence-electron chi connectivity index (χ0n) is 49.6. The summed E-state index contributed by atoms with van der Waals surface area (Å²) in [6.45, 7) is 11.7. The van der Waals surface area contributed by atoms with Gasteiger partial charge < -0.3 is 37.9 Å². The molecule has 0 aliphatic carbocycles. The number of benzene rings is 10. The molecule has 0 N–H and O–H groups in total. The molecule has 14 heteroatoms.